The largest absolute Gasteiger partial charge is 0.333 e. The van der Waals surface area contributed by atoms with Crippen LogP contribution in [0.4, 0.5) is 0 Å². The van der Waals surface area contributed by atoms with Gasteiger partial charge < -0.3 is 9.79 Å². The van der Waals surface area contributed by atoms with Crippen molar-refractivity contribution in [3.05, 3.63) is 34.3 Å². The van der Waals surface area contributed by atoms with E-state index in [4.69, 9.17) is 21.4 Å². The molecule has 0 aliphatic carbocycles. The molecule has 1 rings (SSSR count). The first-order valence-electron chi connectivity index (χ1n) is 4.13. The molecule has 0 radical (unpaired) electrons. The van der Waals surface area contributed by atoms with E-state index in [0.717, 1.165) is 0 Å². The number of hydrogen-bond acceptors (Lipinski definition) is 2. The van der Waals surface area contributed by atoms with Crippen molar-refractivity contribution >= 4 is 25.0 Å². The lowest BCUT2D eigenvalue weighted by molar-refractivity contribution is 0.101. The van der Waals surface area contributed by atoms with Gasteiger partial charge in [0.1, 0.15) is 6.16 Å². The molecular weight excluding hydrogens is 239 g/mol. The van der Waals surface area contributed by atoms with Crippen LogP contribution in [0.15, 0.2) is 18.2 Å². The van der Waals surface area contributed by atoms with Crippen molar-refractivity contribution in [3.63, 3.8) is 0 Å². The van der Waals surface area contributed by atoms with E-state index < -0.39 is 19.5 Å². The zero-order valence-electron chi connectivity index (χ0n) is 7.98. The van der Waals surface area contributed by atoms with Gasteiger partial charge in [-0.15, -0.1) is 0 Å². The Balaban J connectivity index is 2.97. The molecule has 0 aliphatic rings. The molecular formula is C9H10ClO4P. The molecule has 0 heterocycles. The van der Waals surface area contributed by atoms with E-state index in [2.05, 4.69) is 0 Å². The first kappa shape index (κ1) is 12.4. The van der Waals surface area contributed by atoms with Gasteiger partial charge in [-0.3, -0.25) is 9.36 Å². The predicted octanol–water partition coefficient (Wildman–Crippen LogP) is 2.01. The molecule has 1 aromatic carbocycles. The fourth-order valence-electron chi connectivity index (χ4n) is 1.21. The zero-order valence-corrected chi connectivity index (χ0v) is 9.63. The average Bonchev–Trinajstić information content (AvgIpc) is 1.99. The van der Waals surface area contributed by atoms with E-state index in [1.54, 1.807) is 13.0 Å². The van der Waals surface area contributed by atoms with Gasteiger partial charge in [0, 0.05) is 10.6 Å². The smallest absolute Gasteiger partial charge is 0.324 e. The second kappa shape index (κ2) is 4.45. The molecule has 2 N–H and O–H groups in total. The molecule has 6 heteroatoms. The zero-order chi connectivity index (χ0) is 11.6. The molecule has 0 aliphatic heterocycles. The van der Waals surface area contributed by atoms with Crippen molar-refractivity contribution in [1.82, 2.24) is 0 Å². The number of carbonyl (C=O) groups is 1. The lowest BCUT2D eigenvalue weighted by Gasteiger charge is -2.06. The monoisotopic (exact) mass is 248 g/mol. The average molecular weight is 249 g/mol. The highest BCUT2D eigenvalue weighted by Gasteiger charge is 2.21. The van der Waals surface area contributed by atoms with Gasteiger partial charge >= 0.3 is 7.60 Å². The summed E-state index contributed by atoms with van der Waals surface area (Å²) < 4.78 is 10.6. The number of hydrogen-bond donors (Lipinski definition) is 2. The fraction of sp³-hybridized carbons (Fsp3) is 0.222. The molecule has 0 amide bonds. The SMILES string of the molecule is Cc1cc(Cl)ccc1C(=O)CP(=O)(O)O. The van der Waals surface area contributed by atoms with Gasteiger partial charge in [-0.2, -0.15) is 0 Å². The molecule has 1 aromatic rings. The maximum absolute atomic E-state index is 11.5. The van der Waals surface area contributed by atoms with Crippen molar-refractivity contribution in [2.45, 2.75) is 6.92 Å². The van der Waals surface area contributed by atoms with Crippen molar-refractivity contribution in [1.29, 1.82) is 0 Å². The number of carbonyl (C=O) groups excluding carboxylic acids is 1. The van der Waals surface area contributed by atoms with Gasteiger partial charge in [0.2, 0.25) is 0 Å². The molecule has 0 saturated carbocycles. The second-order valence-electron chi connectivity index (χ2n) is 3.21. The lowest BCUT2D eigenvalue weighted by atomic mass is 10.1. The Kier molecular flexibility index (Phi) is 3.68. The summed E-state index contributed by atoms with van der Waals surface area (Å²) in [4.78, 5) is 28.8. The molecule has 4 nitrogen and oxygen atoms in total. The van der Waals surface area contributed by atoms with Crippen LogP contribution in [0.1, 0.15) is 15.9 Å². The first-order chi connectivity index (χ1) is 6.79. The van der Waals surface area contributed by atoms with Crippen LogP contribution in [0.5, 0.6) is 0 Å². The summed E-state index contributed by atoms with van der Waals surface area (Å²) in [6.07, 6.45) is -0.768. The van der Waals surface area contributed by atoms with E-state index in [-0.39, 0.29) is 0 Å². The van der Waals surface area contributed by atoms with Crippen molar-refractivity contribution in [2.75, 3.05) is 6.16 Å². The van der Waals surface area contributed by atoms with Crippen LogP contribution in [-0.4, -0.2) is 21.7 Å². The lowest BCUT2D eigenvalue weighted by Crippen LogP contribution is -2.07. The van der Waals surface area contributed by atoms with E-state index in [9.17, 15) is 9.36 Å². The highest BCUT2D eigenvalue weighted by molar-refractivity contribution is 7.52. The summed E-state index contributed by atoms with van der Waals surface area (Å²) in [6, 6.07) is 4.56. The second-order valence-corrected chi connectivity index (χ2v) is 5.29. The summed E-state index contributed by atoms with van der Waals surface area (Å²) in [7, 11) is -4.30. The van der Waals surface area contributed by atoms with Crippen LogP contribution < -0.4 is 0 Å². The van der Waals surface area contributed by atoms with Crippen LogP contribution in [0, 0.1) is 6.92 Å². The van der Waals surface area contributed by atoms with E-state index >= 15 is 0 Å². The molecule has 0 saturated heterocycles. The number of ketones is 1. The molecule has 82 valence electrons. The minimum Gasteiger partial charge on any atom is -0.324 e. The van der Waals surface area contributed by atoms with Crippen molar-refractivity contribution in [2.24, 2.45) is 0 Å². The summed E-state index contributed by atoms with van der Waals surface area (Å²) >= 11 is 5.69. The molecule has 15 heavy (non-hydrogen) atoms. The Labute approximate surface area is 92.0 Å². The Hall–Kier alpha value is -0.670. The number of halogens is 1. The van der Waals surface area contributed by atoms with Gasteiger partial charge in [0.15, 0.2) is 5.78 Å². The first-order valence-corrected chi connectivity index (χ1v) is 6.31. The standard InChI is InChI=1S/C9H10ClO4P/c1-6-4-7(10)2-3-8(6)9(11)5-15(12,13)14/h2-4H,5H2,1H3,(H2,12,13,14). The highest BCUT2D eigenvalue weighted by Crippen LogP contribution is 2.35. The van der Waals surface area contributed by atoms with Crippen LogP contribution in [0.2, 0.25) is 5.02 Å². The number of Topliss-reactive ketones (excluding diaryl/α,β-unsaturated/α-hetero) is 1. The number of aryl methyl sites for hydroxylation is 1. The van der Waals surface area contributed by atoms with Gasteiger partial charge in [-0.05, 0) is 30.7 Å². The number of rotatable bonds is 3. The van der Waals surface area contributed by atoms with Gasteiger partial charge in [-0.1, -0.05) is 11.6 Å². The quantitative estimate of drug-likeness (QED) is 0.634. The highest BCUT2D eigenvalue weighted by atomic mass is 35.5. The summed E-state index contributed by atoms with van der Waals surface area (Å²) in [5, 5.41) is 0.486. The minimum atomic E-state index is -4.30. The van der Waals surface area contributed by atoms with Crippen molar-refractivity contribution < 1.29 is 19.1 Å². The van der Waals surface area contributed by atoms with Crippen LogP contribution >= 0.6 is 19.2 Å². The fourth-order valence-corrected chi connectivity index (χ4v) is 1.98. The molecule has 0 spiro atoms. The maximum atomic E-state index is 11.5. The van der Waals surface area contributed by atoms with E-state index in [0.29, 0.717) is 16.1 Å². The maximum Gasteiger partial charge on any atom is 0.333 e. The van der Waals surface area contributed by atoms with Gasteiger partial charge in [0.05, 0.1) is 0 Å². The third-order valence-corrected chi connectivity index (χ3v) is 2.77. The summed E-state index contributed by atoms with van der Waals surface area (Å²) in [5.74, 6) is -0.572. The van der Waals surface area contributed by atoms with Gasteiger partial charge in [-0.25, -0.2) is 0 Å². The molecule has 0 bridgehead atoms. The summed E-state index contributed by atoms with van der Waals surface area (Å²) in [5.41, 5.74) is 0.906. The molecule has 0 atom stereocenters. The predicted molar refractivity (Wildman–Crippen MR) is 57.4 cm³/mol. The van der Waals surface area contributed by atoms with Crippen LogP contribution in [0.3, 0.4) is 0 Å². The third-order valence-electron chi connectivity index (χ3n) is 1.84. The molecule has 0 unspecified atom stereocenters. The van der Waals surface area contributed by atoms with Crippen LogP contribution in [-0.2, 0) is 4.57 Å². The Morgan fingerprint density at radius 1 is 1.47 bits per heavy atom. The normalized spacial score (nSPS) is 11.5. The third kappa shape index (κ3) is 3.76. The Morgan fingerprint density at radius 2 is 2.07 bits per heavy atom. The minimum absolute atomic E-state index is 0.294. The summed E-state index contributed by atoms with van der Waals surface area (Å²) in [6.45, 7) is 1.67. The van der Waals surface area contributed by atoms with E-state index in [1.807, 2.05) is 0 Å². The Morgan fingerprint density at radius 3 is 2.53 bits per heavy atom. The van der Waals surface area contributed by atoms with Gasteiger partial charge in [0.25, 0.3) is 0 Å². The molecule has 0 aromatic heterocycles. The topological polar surface area (TPSA) is 74.6 Å². The Bertz CT molecular complexity index is 438. The van der Waals surface area contributed by atoms with Crippen molar-refractivity contribution in [3.8, 4) is 0 Å². The van der Waals surface area contributed by atoms with E-state index in [1.165, 1.54) is 12.1 Å². The number of benzene rings is 1. The van der Waals surface area contributed by atoms with Crippen LogP contribution in [0.25, 0.3) is 0 Å². The molecule has 0 fully saturated rings.